The summed E-state index contributed by atoms with van der Waals surface area (Å²) in [4.78, 5) is 3.72. The van der Waals surface area contributed by atoms with Crippen LogP contribution in [0.15, 0.2) is 18.3 Å². The molecule has 9 heavy (non-hydrogen) atoms. The van der Waals surface area contributed by atoms with Crippen LogP contribution in [0.1, 0.15) is 5.56 Å². The van der Waals surface area contributed by atoms with E-state index in [1.54, 1.807) is 6.20 Å². The molecule has 1 heterocycles. The van der Waals surface area contributed by atoms with Crippen LogP contribution in [0, 0.1) is 20.5 Å². The maximum absolute atomic E-state index is 3.72. The van der Waals surface area contributed by atoms with E-state index in [1.807, 2.05) is 19.1 Å². The monoisotopic (exact) mass is 291 g/mol. The van der Waals surface area contributed by atoms with Gasteiger partial charge in [-0.15, -0.1) is 0 Å². The predicted octanol–water partition coefficient (Wildman–Crippen LogP) is 1.64. The quantitative estimate of drug-likeness (QED) is 0.662. The molecule has 0 aliphatic heterocycles. The molecule has 1 rings (SSSR count). The molecule has 0 fully saturated rings. The Morgan fingerprint density at radius 3 is 2.44 bits per heavy atom. The fourth-order valence-corrected chi connectivity index (χ4v) is 0.385. The van der Waals surface area contributed by atoms with Gasteiger partial charge in [-0.25, -0.2) is 0 Å². The summed E-state index contributed by atoms with van der Waals surface area (Å²) in [6, 6.07) is 3.79. The molecular formula is C7H9NW. The smallest absolute Gasteiger partial charge is 0.394 e. The van der Waals surface area contributed by atoms with Crippen LogP contribution in [0.4, 0.5) is 0 Å². The van der Waals surface area contributed by atoms with Gasteiger partial charge in [0.25, 0.3) is 0 Å². The second-order valence-electron chi connectivity index (χ2n) is 1.46. The summed E-state index contributed by atoms with van der Waals surface area (Å²) in [5.74, 6) is 0. The molecule has 0 spiro atoms. The summed E-state index contributed by atoms with van der Waals surface area (Å²) >= 11 is 0. The van der Waals surface area contributed by atoms with Crippen molar-refractivity contribution in [1.29, 1.82) is 0 Å². The maximum Gasteiger partial charge on any atom is 2.00 e. The molecule has 0 radical (unpaired) electrons. The molecule has 0 unspecified atom stereocenters. The molecule has 0 bridgehead atoms. The Morgan fingerprint density at radius 1 is 1.56 bits per heavy atom. The molecule has 0 amide bonds. The zero-order valence-corrected chi connectivity index (χ0v) is 8.52. The number of rotatable bonds is 0. The fourth-order valence-electron chi connectivity index (χ4n) is 0.385. The first-order valence-corrected chi connectivity index (χ1v) is 2.18. The number of aromatic nitrogens is 1. The Bertz CT molecular complexity index is 139. The van der Waals surface area contributed by atoms with E-state index in [4.69, 9.17) is 0 Å². The minimum atomic E-state index is 0. The number of hydrogen-bond donors (Lipinski definition) is 0. The number of hydrogen-bond acceptors (Lipinski definition) is 1. The zero-order valence-electron chi connectivity index (χ0n) is 5.59. The third kappa shape index (κ3) is 4.35. The van der Waals surface area contributed by atoms with E-state index in [1.165, 1.54) is 5.56 Å². The number of pyridine rings is 1. The third-order valence-corrected chi connectivity index (χ3v) is 0.779. The van der Waals surface area contributed by atoms with Crippen molar-refractivity contribution < 1.29 is 21.1 Å². The average molecular weight is 291 g/mol. The van der Waals surface area contributed by atoms with Crippen LogP contribution in [0.2, 0.25) is 0 Å². The second-order valence-corrected chi connectivity index (χ2v) is 1.46. The van der Waals surface area contributed by atoms with Crippen LogP contribution in [0.25, 0.3) is 0 Å². The van der Waals surface area contributed by atoms with Gasteiger partial charge in [-0.2, -0.15) is 17.7 Å². The van der Waals surface area contributed by atoms with Gasteiger partial charge in [-0.05, 0) is 0 Å². The molecule has 0 atom stereocenters. The average Bonchev–Trinajstić information content (AvgIpc) is 1.69. The molecule has 0 saturated heterocycles. The van der Waals surface area contributed by atoms with E-state index in [0.29, 0.717) is 0 Å². The van der Waals surface area contributed by atoms with E-state index in [-0.39, 0.29) is 28.5 Å². The Balaban J connectivity index is 0. The SMILES string of the molecule is Cc1c[c-]ncc1.[CH3-].[W+2]. The van der Waals surface area contributed by atoms with Crippen LogP contribution < -0.4 is 0 Å². The van der Waals surface area contributed by atoms with Gasteiger partial charge in [-0.1, -0.05) is 19.3 Å². The molecule has 1 aromatic rings. The number of aryl methyl sites for hydroxylation is 1. The van der Waals surface area contributed by atoms with Crippen LogP contribution in [-0.4, -0.2) is 4.98 Å². The topological polar surface area (TPSA) is 12.9 Å². The zero-order chi connectivity index (χ0) is 5.11. The van der Waals surface area contributed by atoms with Crippen molar-refractivity contribution in [2.45, 2.75) is 6.92 Å². The Morgan fingerprint density at radius 2 is 2.22 bits per heavy atom. The van der Waals surface area contributed by atoms with Crippen LogP contribution >= 0.6 is 0 Å². The predicted molar refractivity (Wildman–Crippen MR) is 34.2 cm³/mol. The van der Waals surface area contributed by atoms with Crippen molar-refractivity contribution >= 4 is 0 Å². The Hall–Kier alpha value is -0.162. The third-order valence-electron chi connectivity index (χ3n) is 0.779. The molecule has 0 aliphatic carbocycles. The molecule has 0 aromatic carbocycles. The van der Waals surface area contributed by atoms with Gasteiger partial charge in [-0.3, -0.25) is 0 Å². The van der Waals surface area contributed by atoms with E-state index < -0.39 is 0 Å². The van der Waals surface area contributed by atoms with E-state index in [2.05, 4.69) is 11.2 Å². The first-order chi connectivity index (χ1) is 3.39. The van der Waals surface area contributed by atoms with Gasteiger partial charge < -0.3 is 12.4 Å². The van der Waals surface area contributed by atoms with Crippen molar-refractivity contribution in [3.05, 3.63) is 37.5 Å². The fraction of sp³-hybridized carbons (Fsp3) is 0.143. The number of nitrogens with zero attached hydrogens (tertiary/aromatic N) is 1. The van der Waals surface area contributed by atoms with Crippen LogP contribution in [-0.2, 0) is 21.1 Å². The summed E-state index contributed by atoms with van der Waals surface area (Å²) in [5.41, 5.74) is 1.20. The molecule has 1 aromatic heterocycles. The molecule has 48 valence electrons. The standard InChI is InChI=1S/C6H6N.CH3.W/c1-6-2-4-7-5-3-6;;/h2-4H,1H3;1H3;/q2*-1;+2. The van der Waals surface area contributed by atoms with Crippen molar-refractivity contribution in [3.8, 4) is 0 Å². The summed E-state index contributed by atoms with van der Waals surface area (Å²) in [5, 5.41) is 0. The normalized spacial score (nSPS) is 6.78. The first-order valence-electron chi connectivity index (χ1n) is 2.18. The van der Waals surface area contributed by atoms with E-state index >= 15 is 0 Å². The van der Waals surface area contributed by atoms with E-state index in [9.17, 15) is 0 Å². The van der Waals surface area contributed by atoms with Gasteiger partial charge in [0.2, 0.25) is 0 Å². The molecular weight excluding hydrogens is 282 g/mol. The molecule has 0 N–H and O–H groups in total. The van der Waals surface area contributed by atoms with Crippen molar-refractivity contribution in [1.82, 2.24) is 4.98 Å². The van der Waals surface area contributed by atoms with Gasteiger partial charge >= 0.3 is 21.1 Å². The Kier molecular flexibility index (Phi) is 7.70. The Labute approximate surface area is 70.8 Å². The van der Waals surface area contributed by atoms with Crippen molar-refractivity contribution in [3.63, 3.8) is 0 Å². The van der Waals surface area contributed by atoms with Crippen LogP contribution in [0.5, 0.6) is 0 Å². The minimum Gasteiger partial charge on any atom is -0.394 e. The van der Waals surface area contributed by atoms with Crippen molar-refractivity contribution in [2.75, 3.05) is 0 Å². The summed E-state index contributed by atoms with van der Waals surface area (Å²) in [6.45, 7) is 2.01. The maximum atomic E-state index is 3.72. The molecule has 2 heteroatoms. The van der Waals surface area contributed by atoms with Gasteiger partial charge in [0, 0.05) is 0 Å². The van der Waals surface area contributed by atoms with Gasteiger partial charge in [0.15, 0.2) is 0 Å². The van der Waals surface area contributed by atoms with Gasteiger partial charge in [0.05, 0.1) is 0 Å². The molecule has 0 saturated carbocycles. The van der Waals surface area contributed by atoms with Crippen LogP contribution in [0.3, 0.4) is 0 Å². The summed E-state index contributed by atoms with van der Waals surface area (Å²) < 4.78 is 0. The second kappa shape index (κ2) is 5.97. The summed E-state index contributed by atoms with van der Waals surface area (Å²) in [7, 11) is 0. The first kappa shape index (κ1) is 11.6. The molecule has 0 aliphatic rings. The minimum absolute atomic E-state index is 0. The largest absolute Gasteiger partial charge is 2.00 e. The van der Waals surface area contributed by atoms with Gasteiger partial charge in [0.1, 0.15) is 0 Å². The molecule has 1 nitrogen and oxygen atoms in total. The summed E-state index contributed by atoms with van der Waals surface area (Å²) in [6.07, 6.45) is 4.44. The van der Waals surface area contributed by atoms with Crippen molar-refractivity contribution in [2.24, 2.45) is 0 Å². The van der Waals surface area contributed by atoms with E-state index in [0.717, 1.165) is 0 Å².